The second-order valence-electron chi connectivity index (χ2n) is 4.52. The maximum atomic E-state index is 12.2. The zero-order valence-corrected chi connectivity index (χ0v) is 10.9. The van der Waals surface area contributed by atoms with E-state index in [1.54, 1.807) is 0 Å². The first-order valence-electron chi connectivity index (χ1n) is 6.26. The number of rotatable bonds is 6. The van der Waals surface area contributed by atoms with Gasteiger partial charge in [0.1, 0.15) is 6.04 Å². The van der Waals surface area contributed by atoms with Crippen molar-refractivity contribution in [3.63, 3.8) is 0 Å². The van der Waals surface area contributed by atoms with E-state index in [0.29, 0.717) is 0 Å². The van der Waals surface area contributed by atoms with Gasteiger partial charge in [0.25, 0.3) is 5.91 Å². The topological polar surface area (TPSA) is 70.1 Å². The van der Waals surface area contributed by atoms with E-state index in [1.807, 2.05) is 30.3 Å². The molecule has 0 N–H and O–H groups in total. The number of likely N-dealkylation sites (tertiary alicyclic amines) is 1. The second kappa shape index (κ2) is 6.10. The molecular weight excluding hydrogens is 258 g/mol. The third-order valence-corrected chi connectivity index (χ3v) is 3.18. The summed E-state index contributed by atoms with van der Waals surface area (Å²) in [5.74, 6) is -0.679. The van der Waals surface area contributed by atoms with Crippen LogP contribution >= 0.6 is 0 Å². The van der Waals surface area contributed by atoms with Crippen molar-refractivity contribution >= 4 is 11.8 Å². The van der Waals surface area contributed by atoms with Gasteiger partial charge in [-0.15, -0.1) is 11.5 Å². The molecule has 6 nitrogen and oxygen atoms in total. The van der Waals surface area contributed by atoms with Gasteiger partial charge in [-0.2, -0.15) is 0 Å². The van der Waals surface area contributed by atoms with Gasteiger partial charge in [-0.3, -0.25) is 14.5 Å². The van der Waals surface area contributed by atoms with E-state index in [9.17, 15) is 14.5 Å². The van der Waals surface area contributed by atoms with Crippen LogP contribution in [0.5, 0.6) is 0 Å². The second-order valence-corrected chi connectivity index (χ2v) is 4.52. The third kappa shape index (κ3) is 2.74. The summed E-state index contributed by atoms with van der Waals surface area (Å²) >= 11 is 0. The average molecular weight is 273 g/mol. The molecular formula is C14H15N3O3. The summed E-state index contributed by atoms with van der Waals surface area (Å²) in [6.45, 7) is 3.86. The van der Waals surface area contributed by atoms with Gasteiger partial charge in [0.15, 0.2) is 0 Å². The molecule has 104 valence electrons. The first-order valence-corrected chi connectivity index (χ1v) is 6.26. The van der Waals surface area contributed by atoms with Crippen molar-refractivity contribution < 1.29 is 9.59 Å². The Balaban J connectivity index is 2.12. The normalized spacial score (nSPS) is 18.2. The van der Waals surface area contributed by atoms with Crippen LogP contribution in [0.4, 0.5) is 0 Å². The first-order chi connectivity index (χ1) is 9.67. The van der Waals surface area contributed by atoms with Crippen LogP contribution in [-0.2, 0) is 16.1 Å². The Morgan fingerprint density at radius 3 is 2.65 bits per heavy atom. The van der Waals surface area contributed by atoms with Crippen LogP contribution in [-0.4, -0.2) is 34.3 Å². The monoisotopic (exact) mass is 273 g/mol. The smallest absolute Gasteiger partial charge is 0.254 e. The maximum absolute atomic E-state index is 12.2. The Bertz CT molecular complexity index is 530. The van der Waals surface area contributed by atoms with E-state index in [-0.39, 0.29) is 31.3 Å². The van der Waals surface area contributed by atoms with Crippen molar-refractivity contribution in [2.75, 3.05) is 6.54 Å². The van der Waals surface area contributed by atoms with Crippen LogP contribution < -0.4 is 0 Å². The highest BCUT2D eigenvalue weighted by atomic mass is 16.3. The molecule has 1 fully saturated rings. The Hall–Kier alpha value is -2.50. The van der Waals surface area contributed by atoms with Crippen molar-refractivity contribution in [1.29, 1.82) is 0 Å². The lowest BCUT2D eigenvalue weighted by atomic mass is 10.2. The summed E-state index contributed by atoms with van der Waals surface area (Å²) in [7, 11) is 0. The van der Waals surface area contributed by atoms with Crippen LogP contribution in [0.3, 0.4) is 0 Å². The molecule has 1 aliphatic heterocycles. The number of amides is 2. The van der Waals surface area contributed by atoms with Crippen molar-refractivity contribution in [2.45, 2.75) is 19.0 Å². The van der Waals surface area contributed by atoms with Crippen molar-refractivity contribution in [3.05, 3.63) is 53.5 Å². The number of hydrogen-bond donors (Lipinski definition) is 0. The quantitative estimate of drug-likeness (QED) is 0.341. The van der Waals surface area contributed by atoms with Gasteiger partial charge in [0, 0.05) is 0 Å². The predicted octanol–water partition coefficient (Wildman–Crippen LogP) is 1.48. The molecule has 1 aliphatic rings. The number of imide groups is 1. The molecule has 1 saturated heterocycles. The molecule has 0 spiro atoms. The van der Waals surface area contributed by atoms with Crippen LogP contribution in [0.1, 0.15) is 12.0 Å². The van der Waals surface area contributed by atoms with Crippen LogP contribution in [0.2, 0.25) is 0 Å². The SMILES string of the molecule is C=CCN(N=O)C1CC(=O)N(Cc2ccccc2)C1=O. The number of carbonyl (C=O) groups is 2. The Morgan fingerprint density at radius 1 is 1.35 bits per heavy atom. The van der Waals surface area contributed by atoms with Gasteiger partial charge in [0.2, 0.25) is 5.91 Å². The maximum Gasteiger partial charge on any atom is 0.254 e. The molecule has 6 heteroatoms. The minimum Gasteiger partial charge on any atom is -0.276 e. The molecule has 2 rings (SSSR count). The zero-order valence-electron chi connectivity index (χ0n) is 10.9. The highest BCUT2D eigenvalue weighted by molar-refractivity contribution is 6.05. The predicted molar refractivity (Wildman–Crippen MR) is 73.1 cm³/mol. The molecule has 1 aromatic rings. The number of carbonyl (C=O) groups excluding carboxylic acids is 2. The molecule has 0 saturated carbocycles. The fourth-order valence-corrected chi connectivity index (χ4v) is 2.18. The summed E-state index contributed by atoms with van der Waals surface area (Å²) in [6.07, 6.45) is 1.45. The fraction of sp³-hybridized carbons (Fsp3) is 0.286. The van der Waals surface area contributed by atoms with Crippen molar-refractivity contribution in [2.24, 2.45) is 5.29 Å². The molecule has 1 unspecified atom stereocenters. The number of benzene rings is 1. The van der Waals surface area contributed by atoms with Crippen LogP contribution in [0, 0.1) is 4.91 Å². The van der Waals surface area contributed by atoms with Gasteiger partial charge in [-0.05, 0) is 5.56 Å². The minimum absolute atomic E-state index is 0.0226. The molecule has 1 aromatic carbocycles. The van der Waals surface area contributed by atoms with Crippen molar-refractivity contribution in [1.82, 2.24) is 9.91 Å². The number of hydrogen-bond acceptors (Lipinski definition) is 4. The summed E-state index contributed by atoms with van der Waals surface area (Å²) in [6, 6.07) is 8.41. The summed E-state index contributed by atoms with van der Waals surface area (Å²) in [5, 5.41) is 3.85. The standard InChI is InChI=1S/C14H15N3O3/c1-2-8-17(15-20)12-9-13(18)16(14(12)19)10-11-6-4-3-5-7-11/h2-7,12H,1,8-10H2. The lowest BCUT2D eigenvalue weighted by molar-refractivity contribution is -0.140. The molecule has 2 amide bonds. The highest BCUT2D eigenvalue weighted by Crippen LogP contribution is 2.21. The molecule has 0 aromatic heterocycles. The molecule has 20 heavy (non-hydrogen) atoms. The van der Waals surface area contributed by atoms with E-state index >= 15 is 0 Å². The Kier molecular flexibility index (Phi) is 4.24. The Labute approximate surface area is 116 Å². The third-order valence-electron chi connectivity index (χ3n) is 3.18. The molecule has 0 aliphatic carbocycles. The van der Waals surface area contributed by atoms with Crippen LogP contribution in [0.25, 0.3) is 0 Å². The van der Waals surface area contributed by atoms with E-state index in [4.69, 9.17) is 0 Å². The molecule has 0 radical (unpaired) electrons. The van der Waals surface area contributed by atoms with Gasteiger partial charge in [-0.25, -0.2) is 5.01 Å². The molecule has 0 bridgehead atoms. The van der Waals surface area contributed by atoms with Crippen LogP contribution in [0.15, 0.2) is 48.3 Å². The minimum atomic E-state index is -0.818. The van der Waals surface area contributed by atoms with E-state index < -0.39 is 6.04 Å². The largest absolute Gasteiger partial charge is 0.276 e. The van der Waals surface area contributed by atoms with Gasteiger partial charge in [-0.1, -0.05) is 36.4 Å². The molecule has 1 atom stereocenters. The zero-order chi connectivity index (χ0) is 14.5. The fourth-order valence-electron chi connectivity index (χ4n) is 2.18. The van der Waals surface area contributed by atoms with E-state index in [2.05, 4.69) is 11.9 Å². The van der Waals surface area contributed by atoms with Gasteiger partial charge >= 0.3 is 0 Å². The first kappa shape index (κ1) is 13.9. The highest BCUT2D eigenvalue weighted by Gasteiger charge is 2.42. The number of nitroso groups, excluding NO2 is 1. The number of nitrogens with zero attached hydrogens (tertiary/aromatic N) is 3. The van der Waals surface area contributed by atoms with E-state index in [1.165, 1.54) is 11.0 Å². The van der Waals surface area contributed by atoms with Crippen molar-refractivity contribution in [3.8, 4) is 0 Å². The average Bonchev–Trinajstić information content (AvgIpc) is 2.74. The lowest BCUT2D eigenvalue weighted by Crippen LogP contribution is -2.39. The summed E-state index contributed by atoms with van der Waals surface area (Å²) in [4.78, 5) is 36.1. The lowest BCUT2D eigenvalue weighted by Gasteiger charge is -2.19. The molecule has 1 heterocycles. The van der Waals surface area contributed by atoms with Gasteiger partial charge < -0.3 is 0 Å². The Morgan fingerprint density at radius 2 is 2.05 bits per heavy atom. The van der Waals surface area contributed by atoms with Gasteiger partial charge in [0.05, 0.1) is 24.8 Å². The summed E-state index contributed by atoms with van der Waals surface area (Å²) in [5.41, 5.74) is 0.865. The summed E-state index contributed by atoms with van der Waals surface area (Å²) < 4.78 is 0. The van der Waals surface area contributed by atoms with E-state index in [0.717, 1.165) is 10.6 Å².